The van der Waals surface area contributed by atoms with Gasteiger partial charge in [0.2, 0.25) is 0 Å². The van der Waals surface area contributed by atoms with E-state index in [1.54, 1.807) is 20.1 Å². The molecule has 0 heterocycles. The fourth-order valence-electron chi connectivity index (χ4n) is 7.45. The van der Waals surface area contributed by atoms with Gasteiger partial charge in [-0.2, -0.15) is 0 Å². The van der Waals surface area contributed by atoms with Crippen molar-refractivity contribution in [2.24, 2.45) is 35.0 Å². The normalized spacial score (nSPS) is 45.8. The Bertz CT molecular complexity index is 876. The minimum Gasteiger partial charge on any atom is -0.392 e. The summed E-state index contributed by atoms with van der Waals surface area (Å²) < 4.78 is 5.59. The molecular formula is C26H38O6. The average Bonchev–Trinajstić information content (AvgIpc) is 3.31. The number of ether oxygens (including phenoxy) is 1. The number of carbonyl (C=O) groups is 2. The van der Waals surface area contributed by atoms with Crippen molar-refractivity contribution in [2.75, 3.05) is 13.7 Å². The Hall–Kier alpha value is -1.34. The third kappa shape index (κ3) is 2.99. The lowest BCUT2D eigenvalue weighted by molar-refractivity contribution is -0.168. The second-order valence-electron chi connectivity index (χ2n) is 10.9. The van der Waals surface area contributed by atoms with E-state index in [1.165, 1.54) is 0 Å². The monoisotopic (exact) mass is 446 g/mol. The maximum absolute atomic E-state index is 13.7. The minimum atomic E-state index is -1.76. The molecule has 0 aromatic rings. The van der Waals surface area contributed by atoms with Crippen LogP contribution in [0.3, 0.4) is 0 Å². The van der Waals surface area contributed by atoms with Crippen molar-refractivity contribution < 1.29 is 29.6 Å². The molecule has 0 saturated heterocycles. The first-order chi connectivity index (χ1) is 15.0. The zero-order chi connectivity index (χ0) is 23.6. The van der Waals surface area contributed by atoms with Gasteiger partial charge >= 0.3 is 0 Å². The minimum absolute atomic E-state index is 0.00557. The molecule has 6 nitrogen and oxygen atoms in total. The zero-order valence-corrected chi connectivity index (χ0v) is 19.9. The Balaban J connectivity index is 1.77. The van der Waals surface area contributed by atoms with Crippen molar-refractivity contribution in [3.8, 4) is 0 Å². The highest BCUT2D eigenvalue weighted by molar-refractivity contribution is 6.05. The van der Waals surface area contributed by atoms with E-state index < -0.39 is 34.6 Å². The summed E-state index contributed by atoms with van der Waals surface area (Å²) in [4.78, 5) is 26.6. The predicted octanol–water partition coefficient (Wildman–Crippen LogP) is 2.60. The standard InChI is InChI=1S/C26H38O6/c1-6-7-8-19(32-5)23(29)24(4)17-10-15(3)26(31)18(21(17)24)11-16(13-27)12-25(30)20(26)9-14(2)22(25)28/h9,11,15,17-21,27,30-31H,6-8,10,12-13H2,1-5H3/t15-,17?,18+,19?,20-,21-,24?,25-,26-/m1/s1. The van der Waals surface area contributed by atoms with Gasteiger partial charge in [0.05, 0.1) is 12.2 Å². The predicted molar refractivity (Wildman–Crippen MR) is 120 cm³/mol. The molecule has 4 aliphatic rings. The van der Waals surface area contributed by atoms with Crippen LogP contribution in [0.5, 0.6) is 0 Å². The molecule has 0 radical (unpaired) electrons. The van der Waals surface area contributed by atoms with E-state index in [0.29, 0.717) is 24.0 Å². The molecule has 32 heavy (non-hydrogen) atoms. The Morgan fingerprint density at radius 1 is 1.31 bits per heavy atom. The van der Waals surface area contributed by atoms with Gasteiger partial charge in [-0.25, -0.2) is 0 Å². The second kappa shape index (κ2) is 7.86. The first-order valence-electron chi connectivity index (χ1n) is 12.1. The lowest BCUT2D eigenvalue weighted by Crippen LogP contribution is -2.59. The number of methoxy groups -OCH3 is 1. The van der Waals surface area contributed by atoms with Gasteiger partial charge in [-0.15, -0.1) is 0 Å². The van der Waals surface area contributed by atoms with Gasteiger partial charge in [0.15, 0.2) is 11.6 Å². The molecule has 0 aliphatic heterocycles. The quantitative estimate of drug-likeness (QED) is 0.520. The summed E-state index contributed by atoms with van der Waals surface area (Å²) >= 11 is 0. The highest BCUT2D eigenvalue weighted by Crippen LogP contribution is 2.73. The molecule has 6 heteroatoms. The molecule has 3 N–H and O–H groups in total. The first-order valence-corrected chi connectivity index (χ1v) is 12.1. The van der Waals surface area contributed by atoms with Crippen molar-refractivity contribution >= 4 is 11.6 Å². The van der Waals surface area contributed by atoms with E-state index in [-0.39, 0.29) is 42.3 Å². The molecule has 3 unspecified atom stereocenters. The summed E-state index contributed by atoms with van der Waals surface area (Å²) in [5, 5.41) is 33.8. The molecule has 2 saturated carbocycles. The van der Waals surface area contributed by atoms with E-state index >= 15 is 0 Å². The van der Waals surface area contributed by atoms with Crippen LogP contribution in [0.2, 0.25) is 0 Å². The van der Waals surface area contributed by atoms with Gasteiger partial charge in [-0.3, -0.25) is 9.59 Å². The average molecular weight is 447 g/mol. The Kier molecular flexibility index (Phi) is 5.85. The van der Waals surface area contributed by atoms with E-state index in [4.69, 9.17) is 4.74 Å². The van der Waals surface area contributed by atoms with Gasteiger partial charge in [0, 0.05) is 30.8 Å². The number of aliphatic hydroxyl groups excluding tert-OH is 1. The van der Waals surface area contributed by atoms with Gasteiger partial charge in [-0.05, 0) is 48.7 Å². The molecule has 9 atom stereocenters. The molecule has 0 aromatic carbocycles. The molecule has 4 aliphatic carbocycles. The number of carbonyl (C=O) groups excluding carboxylic acids is 2. The van der Waals surface area contributed by atoms with Crippen LogP contribution in [-0.2, 0) is 14.3 Å². The number of fused-ring (bicyclic) bond motifs is 5. The van der Waals surface area contributed by atoms with Crippen LogP contribution in [-0.4, -0.2) is 57.9 Å². The molecule has 4 rings (SSSR count). The summed E-state index contributed by atoms with van der Waals surface area (Å²) in [6.45, 7) is 7.42. The van der Waals surface area contributed by atoms with Crippen LogP contribution in [0.15, 0.2) is 23.3 Å². The molecule has 178 valence electrons. The van der Waals surface area contributed by atoms with Crippen molar-refractivity contribution in [1.29, 1.82) is 0 Å². The Morgan fingerprint density at radius 2 is 2.00 bits per heavy atom. The maximum Gasteiger partial charge on any atom is 0.190 e. The van der Waals surface area contributed by atoms with Crippen molar-refractivity contribution in [3.63, 3.8) is 0 Å². The first kappa shape index (κ1) is 23.8. The summed E-state index contributed by atoms with van der Waals surface area (Å²) in [7, 11) is 1.58. The van der Waals surface area contributed by atoms with Crippen LogP contribution in [0.25, 0.3) is 0 Å². The Labute approximate surface area is 190 Å². The summed E-state index contributed by atoms with van der Waals surface area (Å²) in [6.07, 6.45) is 6.36. The molecule has 0 amide bonds. The van der Waals surface area contributed by atoms with Gasteiger partial charge in [0.25, 0.3) is 0 Å². The molecule has 0 spiro atoms. The zero-order valence-electron chi connectivity index (χ0n) is 19.9. The number of hydrogen-bond donors (Lipinski definition) is 3. The highest BCUT2D eigenvalue weighted by atomic mass is 16.5. The number of unbranched alkanes of at least 4 members (excludes halogenated alkanes) is 1. The molecule has 2 fully saturated rings. The number of aliphatic hydroxyl groups is 3. The fraction of sp³-hybridized carbons (Fsp3) is 0.769. The molecule has 0 bridgehead atoms. The lowest BCUT2D eigenvalue weighted by atomic mass is 9.60. The molecule has 0 aromatic heterocycles. The smallest absolute Gasteiger partial charge is 0.190 e. The van der Waals surface area contributed by atoms with E-state index in [0.717, 1.165) is 12.8 Å². The van der Waals surface area contributed by atoms with E-state index in [1.807, 2.05) is 19.9 Å². The van der Waals surface area contributed by atoms with Crippen LogP contribution >= 0.6 is 0 Å². The van der Waals surface area contributed by atoms with Crippen molar-refractivity contribution in [2.45, 2.75) is 77.1 Å². The SMILES string of the molecule is CCCCC(OC)C(=O)C1(C)C2C[C@@H](C)[C@@]3(O)[C@@H](C=C(CO)C[C@]4(O)C(=O)C(C)=C[C@@H]34)[C@@H]21. The Morgan fingerprint density at radius 3 is 2.59 bits per heavy atom. The van der Waals surface area contributed by atoms with Gasteiger partial charge in [0.1, 0.15) is 11.7 Å². The van der Waals surface area contributed by atoms with Crippen molar-refractivity contribution in [1.82, 2.24) is 0 Å². The van der Waals surface area contributed by atoms with E-state index in [9.17, 15) is 24.9 Å². The van der Waals surface area contributed by atoms with Crippen molar-refractivity contribution in [3.05, 3.63) is 23.3 Å². The van der Waals surface area contributed by atoms with Gasteiger partial charge in [-0.1, -0.05) is 45.8 Å². The number of hydrogen-bond acceptors (Lipinski definition) is 6. The fourth-order valence-corrected chi connectivity index (χ4v) is 7.45. The largest absolute Gasteiger partial charge is 0.392 e. The third-order valence-corrected chi connectivity index (χ3v) is 9.33. The van der Waals surface area contributed by atoms with Gasteiger partial charge < -0.3 is 20.1 Å². The maximum atomic E-state index is 13.7. The molecular weight excluding hydrogens is 408 g/mol. The van der Waals surface area contributed by atoms with E-state index in [2.05, 4.69) is 6.92 Å². The summed E-state index contributed by atoms with van der Waals surface area (Å²) in [5.41, 5.74) is -2.75. The summed E-state index contributed by atoms with van der Waals surface area (Å²) in [5.74, 6) is -1.69. The van der Waals surface area contributed by atoms with Crippen LogP contribution in [0.1, 0.15) is 59.8 Å². The number of ketones is 2. The van der Waals surface area contributed by atoms with Crippen LogP contribution in [0.4, 0.5) is 0 Å². The summed E-state index contributed by atoms with van der Waals surface area (Å²) in [6, 6.07) is 0. The second-order valence-corrected chi connectivity index (χ2v) is 10.9. The topological polar surface area (TPSA) is 104 Å². The van der Waals surface area contributed by atoms with Crippen LogP contribution < -0.4 is 0 Å². The lowest BCUT2D eigenvalue weighted by Gasteiger charge is -2.49. The van der Waals surface area contributed by atoms with Crippen LogP contribution in [0, 0.1) is 35.0 Å². The highest BCUT2D eigenvalue weighted by Gasteiger charge is 2.77. The number of Topliss-reactive ketones (excluding diaryl/α,β-unsaturated/α-hetero) is 2. The number of rotatable bonds is 7. The third-order valence-electron chi connectivity index (χ3n) is 9.33.